The lowest BCUT2D eigenvalue weighted by molar-refractivity contribution is 0.0585. The summed E-state index contributed by atoms with van der Waals surface area (Å²) in [5.74, 6) is 0.230. The molecular formula is C56H75BrN10O6. The van der Waals surface area contributed by atoms with Crippen molar-refractivity contribution in [1.82, 2.24) is 44.6 Å². The van der Waals surface area contributed by atoms with Crippen LogP contribution in [-0.4, -0.2) is 144 Å². The SMILES string of the molecule is CN1CCNCC1.COC(=O)c1cc(-c2ccc(Br)cc2)c2c(OC(C)C)nn(C3CCCCC3)c2n1.COC(=O)c1cc(-c2ccc(N3CCN(C)CC3)cc2)c2c(OC(C)C)nn(C3CCCCC3)c2n1. The van der Waals surface area contributed by atoms with Crippen molar-refractivity contribution in [3.63, 3.8) is 0 Å². The predicted molar refractivity (Wildman–Crippen MR) is 292 cm³/mol. The van der Waals surface area contributed by atoms with Gasteiger partial charge >= 0.3 is 11.9 Å². The molecule has 392 valence electrons. The van der Waals surface area contributed by atoms with Crippen molar-refractivity contribution in [2.45, 2.75) is 116 Å². The lowest BCUT2D eigenvalue weighted by atomic mass is 9.95. The van der Waals surface area contributed by atoms with Gasteiger partial charge in [-0.2, -0.15) is 0 Å². The summed E-state index contributed by atoms with van der Waals surface area (Å²) in [6, 6.07) is 20.7. The molecule has 0 amide bonds. The van der Waals surface area contributed by atoms with E-state index in [1.807, 2.05) is 67.4 Å². The van der Waals surface area contributed by atoms with E-state index in [0.717, 1.165) is 102 Å². The summed E-state index contributed by atoms with van der Waals surface area (Å²) in [6.07, 6.45) is 11.3. The minimum absolute atomic E-state index is 0.0269. The first-order valence-corrected chi connectivity index (χ1v) is 27.2. The molecule has 73 heavy (non-hydrogen) atoms. The highest BCUT2D eigenvalue weighted by atomic mass is 79.9. The average molecular weight is 1060 g/mol. The van der Waals surface area contributed by atoms with Crippen LogP contribution in [0.4, 0.5) is 5.69 Å². The molecule has 6 heterocycles. The molecule has 0 atom stereocenters. The van der Waals surface area contributed by atoms with Crippen LogP contribution >= 0.6 is 15.9 Å². The number of piperazine rings is 2. The highest BCUT2D eigenvalue weighted by Gasteiger charge is 2.29. The molecule has 4 aromatic heterocycles. The smallest absolute Gasteiger partial charge is 0.356 e. The Morgan fingerprint density at radius 2 is 1.00 bits per heavy atom. The standard InChI is InChI=1S/C28H37N5O3.C23H26BrN3O3.C5H12N2/c1-19(2)36-27-25-23(20-10-12-21(13-11-20)32-16-14-31(3)15-17-32)18-24(28(34)35-4)29-26(25)33(30-27)22-8-6-5-7-9-22;1-14(2)30-22-20-18(15-9-11-16(24)12-10-15)13-19(23(28)29-3)25-21(20)27(26-22)17-7-5-4-6-8-17;1-7-4-2-6-3-5-7/h10-13,18-19,22H,5-9,14-17H2,1-4H3;9-14,17H,4-8H2,1-3H3;6H,2-5H2,1H3. The number of hydrogen-bond acceptors (Lipinski definition) is 14. The Bertz CT molecular complexity index is 2770. The van der Waals surface area contributed by atoms with E-state index in [4.69, 9.17) is 34.1 Å². The third-order valence-electron chi connectivity index (χ3n) is 14.1. The number of pyridine rings is 2. The molecule has 2 aliphatic carbocycles. The molecule has 4 aliphatic rings. The molecule has 6 aromatic rings. The van der Waals surface area contributed by atoms with E-state index < -0.39 is 11.9 Å². The number of ether oxygens (including phenoxy) is 4. The second kappa shape index (κ2) is 25.1. The summed E-state index contributed by atoms with van der Waals surface area (Å²) in [4.78, 5) is 41.6. The number of carbonyl (C=O) groups is 2. The van der Waals surface area contributed by atoms with E-state index in [1.54, 1.807) is 6.07 Å². The highest BCUT2D eigenvalue weighted by molar-refractivity contribution is 9.10. The Hall–Kier alpha value is -5.62. The molecule has 1 N–H and O–H groups in total. The third-order valence-corrected chi connectivity index (χ3v) is 14.7. The fraction of sp³-hybridized carbons (Fsp3) is 0.536. The minimum atomic E-state index is -0.460. The van der Waals surface area contributed by atoms with E-state index in [2.05, 4.69) is 79.3 Å². The van der Waals surface area contributed by atoms with Crippen LogP contribution in [0, 0.1) is 0 Å². The van der Waals surface area contributed by atoms with Crippen molar-refractivity contribution in [3.8, 4) is 34.0 Å². The lowest BCUT2D eigenvalue weighted by Gasteiger charge is -2.34. The van der Waals surface area contributed by atoms with E-state index in [9.17, 15) is 9.59 Å². The van der Waals surface area contributed by atoms with Gasteiger partial charge in [-0.25, -0.2) is 28.9 Å². The molecule has 2 aromatic carbocycles. The van der Waals surface area contributed by atoms with Crippen LogP contribution < -0.4 is 19.7 Å². The monoisotopic (exact) mass is 1060 g/mol. The Balaban J connectivity index is 0.000000174. The zero-order valence-corrected chi connectivity index (χ0v) is 45.7. The fourth-order valence-corrected chi connectivity index (χ4v) is 10.4. The van der Waals surface area contributed by atoms with Crippen LogP contribution in [0.15, 0.2) is 65.1 Å². The number of carbonyl (C=O) groups excluding carboxylic acids is 2. The molecule has 4 fully saturated rings. The van der Waals surface area contributed by atoms with Crippen LogP contribution in [0.25, 0.3) is 44.3 Å². The summed E-state index contributed by atoms with van der Waals surface area (Å²) in [7, 11) is 7.09. The van der Waals surface area contributed by atoms with Gasteiger partial charge in [-0.3, -0.25) is 0 Å². The maximum atomic E-state index is 12.6. The molecule has 16 nitrogen and oxygen atoms in total. The number of anilines is 1. The number of rotatable bonds is 11. The highest BCUT2D eigenvalue weighted by Crippen LogP contribution is 2.42. The van der Waals surface area contributed by atoms with Gasteiger partial charge in [0.2, 0.25) is 11.8 Å². The van der Waals surface area contributed by atoms with E-state index in [-0.39, 0.29) is 35.7 Å². The van der Waals surface area contributed by atoms with E-state index in [0.29, 0.717) is 23.1 Å². The van der Waals surface area contributed by atoms with Gasteiger partial charge in [0.25, 0.3) is 0 Å². The van der Waals surface area contributed by atoms with Crippen molar-refractivity contribution < 1.29 is 28.5 Å². The number of fused-ring (bicyclic) bond motifs is 2. The molecule has 2 saturated carbocycles. The topological polar surface area (TPSA) is 154 Å². The van der Waals surface area contributed by atoms with E-state index in [1.165, 1.54) is 71.5 Å². The zero-order chi connectivity index (χ0) is 51.6. The van der Waals surface area contributed by atoms with Gasteiger partial charge in [0.1, 0.15) is 0 Å². The van der Waals surface area contributed by atoms with Gasteiger partial charge in [0.05, 0.1) is 49.3 Å². The average Bonchev–Trinajstić information content (AvgIpc) is 3.96. The van der Waals surface area contributed by atoms with Crippen molar-refractivity contribution >= 4 is 55.6 Å². The minimum Gasteiger partial charge on any atom is -0.473 e. The van der Waals surface area contributed by atoms with Crippen molar-refractivity contribution in [2.75, 3.05) is 85.6 Å². The summed E-state index contributed by atoms with van der Waals surface area (Å²) >= 11 is 3.49. The normalized spacial score (nSPS) is 17.3. The number of nitrogens with zero attached hydrogens (tertiary/aromatic N) is 9. The van der Waals surface area contributed by atoms with Gasteiger partial charge in [0.15, 0.2) is 22.7 Å². The number of aromatic nitrogens is 6. The van der Waals surface area contributed by atoms with Crippen LogP contribution in [-0.2, 0) is 9.47 Å². The first-order valence-electron chi connectivity index (χ1n) is 26.4. The zero-order valence-electron chi connectivity index (χ0n) is 44.2. The number of esters is 2. The van der Waals surface area contributed by atoms with E-state index >= 15 is 0 Å². The largest absolute Gasteiger partial charge is 0.473 e. The number of nitrogens with one attached hydrogen (secondary N) is 1. The fourth-order valence-electron chi connectivity index (χ4n) is 10.2. The Kier molecular flexibility index (Phi) is 18.4. The third kappa shape index (κ3) is 13.2. The van der Waals surface area contributed by atoms with Crippen molar-refractivity contribution in [2.24, 2.45) is 0 Å². The molecule has 17 heteroatoms. The first-order chi connectivity index (χ1) is 35.3. The number of halogens is 1. The number of methoxy groups -OCH3 is 2. The number of hydrogen-bond donors (Lipinski definition) is 1. The second-order valence-corrected chi connectivity index (χ2v) is 21.2. The molecule has 0 unspecified atom stereocenters. The molecule has 0 spiro atoms. The predicted octanol–water partition coefficient (Wildman–Crippen LogP) is 10.4. The maximum absolute atomic E-state index is 12.6. The summed E-state index contributed by atoms with van der Waals surface area (Å²) in [5.41, 5.74) is 6.87. The molecule has 2 saturated heterocycles. The van der Waals surface area contributed by atoms with Crippen LogP contribution in [0.1, 0.15) is 125 Å². The lowest BCUT2D eigenvalue weighted by Crippen LogP contribution is -2.44. The molecular weight excluding hydrogens is 989 g/mol. The number of benzene rings is 2. The van der Waals surface area contributed by atoms with Crippen LogP contribution in [0.5, 0.6) is 11.8 Å². The Labute approximate surface area is 439 Å². The van der Waals surface area contributed by atoms with Crippen LogP contribution in [0.3, 0.4) is 0 Å². The Morgan fingerprint density at radius 3 is 1.38 bits per heavy atom. The van der Waals surface area contributed by atoms with Crippen molar-refractivity contribution in [3.05, 3.63) is 76.5 Å². The Morgan fingerprint density at radius 1 is 0.589 bits per heavy atom. The molecule has 0 bridgehead atoms. The summed E-state index contributed by atoms with van der Waals surface area (Å²) in [6.45, 7) is 16.9. The quantitative estimate of drug-likeness (QED) is 0.122. The van der Waals surface area contributed by atoms with Gasteiger partial charge in [-0.05, 0) is 115 Å². The first kappa shape index (κ1) is 53.7. The second-order valence-electron chi connectivity index (χ2n) is 20.3. The van der Waals surface area contributed by atoms with Gasteiger partial charge in [-0.15, -0.1) is 10.2 Å². The molecule has 2 aliphatic heterocycles. The summed E-state index contributed by atoms with van der Waals surface area (Å²) < 4.78 is 27.3. The van der Waals surface area contributed by atoms with Crippen LogP contribution in [0.2, 0.25) is 0 Å². The van der Waals surface area contributed by atoms with Gasteiger partial charge < -0.3 is 39.0 Å². The summed E-state index contributed by atoms with van der Waals surface area (Å²) in [5, 5.41) is 14.8. The van der Waals surface area contributed by atoms with Gasteiger partial charge in [-0.1, -0.05) is 78.7 Å². The van der Waals surface area contributed by atoms with Crippen molar-refractivity contribution in [1.29, 1.82) is 0 Å². The van der Waals surface area contributed by atoms with Gasteiger partial charge in [0, 0.05) is 73.6 Å². The molecule has 10 rings (SSSR count). The maximum Gasteiger partial charge on any atom is 0.356 e. The number of likely N-dealkylation sites (N-methyl/N-ethyl adjacent to an activating group) is 2. The molecule has 0 radical (unpaired) electrons.